The van der Waals surface area contributed by atoms with Gasteiger partial charge < -0.3 is 23.7 Å². The molecule has 3 aromatic rings. The van der Waals surface area contributed by atoms with E-state index in [0.717, 1.165) is 78.3 Å². The van der Waals surface area contributed by atoms with Crippen molar-refractivity contribution < 1.29 is 28.5 Å². The third-order valence-corrected chi connectivity index (χ3v) is 6.53. The molecule has 1 saturated heterocycles. The first kappa shape index (κ1) is 26.7. The Morgan fingerprint density at radius 3 is 2.57 bits per heavy atom. The Kier molecular flexibility index (Phi) is 9.60. The number of unbranched alkanes of at least 4 members (excludes halogenated alkanes) is 1. The van der Waals surface area contributed by atoms with Gasteiger partial charge in [-0.05, 0) is 69.4 Å². The van der Waals surface area contributed by atoms with Crippen molar-refractivity contribution in [2.45, 2.75) is 53.1 Å². The average Bonchev–Trinajstić information content (AvgIpc) is 2.93. The Morgan fingerprint density at radius 1 is 1.03 bits per heavy atom. The van der Waals surface area contributed by atoms with Crippen molar-refractivity contribution in [2.24, 2.45) is 5.92 Å². The van der Waals surface area contributed by atoms with Crippen LogP contribution in [-0.4, -0.2) is 44.0 Å². The molecule has 0 atom stereocenters. The van der Waals surface area contributed by atoms with Crippen molar-refractivity contribution in [3.05, 3.63) is 59.3 Å². The Hall–Kier alpha value is -3.32. The SMILES string of the molecule is CCCCOc1c(C)c(COc2cccc(OCC3CCOCC3)c2)nc2ccc(C(=O)OCC)cc12. The van der Waals surface area contributed by atoms with Crippen molar-refractivity contribution in [1.29, 1.82) is 0 Å². The molecule has 4 rings (SSSR count). The van der Waals surface area contributed by atoms with E-state index in [1.54, 1.807) is 19.1 Å². The number of aromatic nitrogens is 1. The molecule has 7 nitrogen and oxygen atoms in total. The minimum atomic E-state index is -0.354. The van der Waals surface area contributed by atoms with Crippen molar-refractivity contribution in [3.8, 4) is 17.2 Å². The van der Waals surface area contributed by atoms with Gasteiger partial charge in [0.05, 0.1) is 36.6 Å². The number of carbonyl (C=O) groups is 1. The van der Waals surface area contributed by atoms with Crippen LogP contribution in [-0.2, 0) is 16.1 Å². The first-order valence-electron chi connectivity index (χ1n) is 13.3. The molecule has 0 bridgehead atoms. The van der Waals surface area contributed by atoms with E-state index >= 15 is 0 Å². The number of pyridine rings is 1. The van der Waals surface area contributed by atoms with Gasteiger partial charge in [-0.2, -0.15) is 0 Å². The first-order valence-corrected chi connectivity index (χ1v) is 13.3. The molecule has 2 aromatic carbocycles. The van der Waals surface area contributed by atoms with E-state index < -0.39 is 0 Å². The van der Waals surface area contributed by atoms with Crippen LogP contribution in [0.1, 0.15) is 61.1 Å². The highest BCUT2D eigenvalue weighted by molar-refractivity contribution is 5.96. The molecule has 0 radical (unpaired) electrons. The summed E-state index contributed by atoms with van der Waals surface area (Å²) in [7, 11) is 0. The summed E-state index contributed by atoms with van der Waals surface area (Å²) >= 11 is 0. The van der Waals surface area contributed by atoms with Gasteiger partial charge in [0.2, 0.25) is 0 Å². The summed E-state index contributed by atoms with van der Waals surface area (Å²) in [6.45, 7) is 9.41. The van der Waals surface area contributed by atoms with Crippen LogP contribution in [0, 0.1) is 12.8 Å². The molecule has 0 saturated carbocycles. The van der Waals surface area contributed by atoms with Crippen LogP contribution in [0.2, 0.25) is 0 Å². The number of fused-ring (bicyclic) bond motifs is 1. The summed E-state index contributed by atoms with van der Waals surface area (Å²) in [5, 5.41) is 0.798. The Balaban J connectivity index is 1.52. The van der Waals surface area contributed by atoms with E-state index in [2.05, 4.69) is 6.92 Å². The van der Waals surface area contributed by atoms with E-state index in [9.17, 15) is 4.79 Å². The molecule has 1 aliphatic heterocycles. The van der Waals surface area contributed by atoms with E-state index in [4.69, 9.17) is 28.7 Å². The van der Waals surface area contributed by atoms with Gasteiger partial charge in [-0.1, -0.05) is 19.4 Å². The van der Waals surface area contributed by atoms with Gasteiger partial charge in [0.15, 0.2) is 0 Å². The normalized spacial score (nSPS) is 13.9. The van der Waals surface area contributed by atoms with Crippen molar-refractivity contribution in [2.75, 3.05) is 33.0 Å². The fourth-order valence-electron chi connectivity index (χ4n) is 4.30. The smallest absolute Gasteiger partial charge is 0.338 e. The second-order valence-corrected chi connectivity index (χ2v) is 9.30. The number of rotatable bonds is 12. The molecule has 2 heterocycles. The molecule has 37 heavy (non-hydrogen) atoms. The summed E-state index contributed by atoms with van der Waals surface area (Å²) in [6, 6.07) is 13.1. The minimum absolute atomic E-state index is 0.287. The second-order valence-electron chi connectivity index (χ2n) is 9.30. The number of hydrogen-bond donors (Lipinski definition) is 0. The standard InChI is InChI=1S/C30H37NO6/c1-4-6-14-35-29-21(3)28(31-27-11-10-23(17-26(27)29)30(32)34-5-2)20-37-25-9-7-8-24(18-25)36-19-22-12-15-33-16-13-22/h7-11,17-18,22H,4-6,12-16,19-20H2,1-3H3. The van der Waals surface area contributed by atoms with Gasteiger partial charge in [-0.3, -0.25) is 0 Å². The molecule has 1 fully saturated rings. The third-order valence-electron chi connectivity index (χ3n) is 6.53. The van der Waals surface area contributed by atoms with Gasteiger partial charge in [0.25, 0.3) is 0 Å². The zero-order valence-electron chi connectivity index (χ0n) is 22.1. The molecular weight excluding hydrogens is 470 g/mol. The molecule has 0 aliphatic carbocycles. The number of esters is 1. The molecule has 0 N–H and O–H groups in total. The van der Waals surface area contributed by atoms with Crippen molar-refractivity contribution in [1.82, 2.24) is 4.98 Å². The van der Waals surface area contributed by atoms with E-state index in [0.29, 0.717) is 31.3 Å². The lowest BCUT2D eigenvalue weighted by Crippen LogP contribution is -2.21. The highest BCUT2D eigenvalue weighted by atomic mass is 16.5. The highest BCUT2D eigenvalue weighted by Gasteiger charge is 2.17. The topological polar surface area (TPSA) is 76.1 Å². The Morgan fingerprint density at radius 2 is 1.81 bits per heavy atom. The molecule has 7 heteroatoms. The number of nitrogens with zero attached hydrogens (tertiary/aromatic N) is 1. The van der Waals surface area contributed by atoms with Crippen LogP contribution < -0.4 is 14.2 Å². The van der Waals surface area contributed by atoms with Crippen LogP contribution in [0.25, 0.3) is 10.9 Å². The third kappa shape index (κ3) is 7.13. The summed E-state index contributed by atoms with van der Waals surface area (Å²) in [5.41, 5.74) is 2.92. The van der Waals surface area contributed by atoms with E-state index in [1.165, 1.54) is 0 Å². The van der Waals surface area contributed by atoms with Crippen molar-refractivity contribution in [3.63, 3.8) is 0 Å². The van der Waals surface area contributed by atoms with Gasteiger partial charge in [-0.25, -0.2) is 9.78 Å². The first-order chi connectivity index (χ1) is 18.1. The molecular formula is C30H37NO6. The van der Waals surface area contributed by atoms with Crippen LogP contribution in [0.5, 0.6) is 17.2 Å². The molecule has 0 amide bonds. The average molecular weight is 508 g/mol. The van der Waals surface area contributed by atoms with Crippen LogP contribution >= 0.6 is 0 Å². The molecule has 1 aromatic heterocycles. The zero-order chi connectivity index (χ0) is 26.0. The fourth-order valence-corrected chi connectivity index (χ4v) is 4.30. The predicted octanol–water partition coefficient (Wildman–Crippen LogP) is 6.28. The summed E-state index contributed by atoms with van der Waals surface area (Å²) in [4.78, 5) is 17.2. The number of hydrogen-bond acceptors (Lipinski definition) is 7. The van der Waals surface area contributed by atoms with Gasteiger partial charge >= 0.3 is 5.97 Å². The lowest BCUT2D eigenvalue weighted by molar-refractivity contribution is 0.0497. The lowest BCUT2D eigenvalue weighted by atomic mass is 10.0. The van der Waals surface area contributed by atoms with E-state index in [-0.39, 0.29) is 12.6 Å². The molecule has 0 unspecified atom stereocenters. The highest BCUT2D eigenvalue weighted by Crippen LogP contribution is 2.32. The predicted molar refractivity (Wildman–Crippen MR) is 143 cm³/mol. The monoisotopic (exact) mass is 507 g/mol. The fraction of sp³-hybridized carbons (Fsp3) is 0.467. The van der Waals surface area contributed by atoms with Gasteiger partial charge in [0.1, 0.15) is 23.9 Å². The van der Waals surface area contributed by atoms with Crippen LogP contribution in [0.4, 0.5) is 0 Å². The largest absolute Gasteiger partial charge is 0.493 e. The van der Waals surface area contributed by atoms with E-state index in [1.807, 2.05) is 37.3 Å². The maximum absolute atomic E-state index is 12.3. The molecule has 198 valence electrons. The summed E-state index contributed by atoms with van der Waals surface area (Å²) < 4.78 is 29.0. The quantitative estimate of drug-likeness (QED) is 0.211. The molecule has 1 aliphatic rings. The summed E-state index contributed by atoms with van der Waals surface area (Å²) in [5.74, 6) is 2.42. The maximum Gasteiger partial charge on any atom is 0.338 e. The molecule has 0 spiro atoms. The van der Waals surface area contributed by atoms with Crippen molar-refractivity contribution >= 4 is 16.9 Å². The van der Waals surface area contributed by atoms with Gasteiger partial charge in [0, 0.05) is 30.2 Å². The second kappa shape index (κ2) is 13.3. The number of ether oxygens (including phenoxy) is 5. The van der Waals surface area contributed by atoms with Gasteiger partial charge in [-0.15, -0.1) is 0 Å². The minimum Gasteiger partial charge on any atom is -0.493 e. The lowest BCUT2D eigenvalue weighted by Gasteiger charge is -2.22. The summed E-state index contributed by atoms with van der Waals surface area (Å²) in [6.07, 6.45) is 4.03. The Bertz CT molecular complexity index is 1190. The number of carbonyl (C=O) groups excluding carboxylic acids is 1. The zero-order valence-corrected chi connectivity index (χ0v) is 22.1. The van der Waals surface area contributed by atoms with Crippen LogP contribution in [0.3, 0.4) is 0 Å². The van der Waals surface area contributed by atoms with Crippen LogP contribution in [0.15, 0.2) is 42.5 Å². The Labute approximate surface area is 219 Å². The maximum atomic E-state index is 12.3. The number of benzene rings is 2.